The van der Waals surface area contributed by atoms with Gasteiger partial charge in [-0.1, -0.05) is 268 Å². The lowest BCUT2D eigenvalue weighted by Gasteiger charge is -2.18. The number of carbonyl (C=O) groups is 3. The van der Waals surface area contributed by atoms with E-state index < -0.39 is 6.10 Å². The van der Waals surface area contributed by atoms with Crippen LogP contribution in [0.25, 0.3) is 0 Å². The molecule has 0 aromatic carbocycles. The molecule has 0 radical (unpaired) electrons. The maximum atomic E-state index is 12.8. The molecule has 1 unspecified atom stereocenters. The SMILES string of the molecule is CC/C=C\C/C=C\C/C=C\C/C=C\C/C=C\CCCCCCCCCCCCCCCC(=O)OCC(COC(=O)CCCCCCCCC)OC(=O)CCCCCCCCCCCCCCC. The number of hydrogen-bond donors (Lipinski definition) is 0. The molecule has 1 atom stereocenters. The van der Waals surface area contributed by atoms with Gasteiger partial charge in [0.05, 0.1) is 0 Å². The predicted molar refractivity (Wildman–Crippen MR) is 288 cm³/mol. The summed E-state index contributed by atoms with van der Waals surface area (Å²) in [7, 11) is 0. The van der Waals surface area contributed by atoms with Crippen molar-refractivity contribution < 1.29 is 28.6 Å². The van der Waals surface area contributed by atoms with Gasteiger partial charge in [0.15, 0.2) is 6.10 Å². The van der Waals surface area contributed by atoms with Crippen LogP contribution in [0.4, 0.5) is 0 Å². The third-order valence-corrected chi connectivity index (χ3v) is 12.5. The highest BCUT2D eigenvalue weighted by molar-refractivity contribution is 5.71. The van der Waals surface area contributed by atoms with E-state index in [4.69, 9.17) is 14.2 Å². The van der Waals surface area contributed by atoms with Crippen LogP contribution in [0.3, 0.4) is 0 Å². The molecule has 0 heterocycles. The van der Waals surface area contributed by atoms with E-state index >= 15 is 0 Å². The fourth-order valence-electron chi connectivity index (χ4n) is 8.24. The molecule has 0 aromatic heterocycles. The Morgan fingerprint density at radius 3 is 0.910 bits per heavy atom. The van der Waals surface area contributed by atoms with Crippen LogP contribution < -0.4 is 0 Å². The van der Waals surface area contributed by atoms with Crippen LogP contribution in [-0.4, -0.2) is 37.2 Å². The lowest BCUT2D eigenvalue weighted by molar-refractivity contribution is -0.167. The van der Waals surface area contributed by atoms with Crippen LogP contribution in [0.2, 0.25) is 0 Å². The average Bonchev–Trinajstić information content (AvgIpc) is 3.33. The number of ether oxygens (including phenoxy) is 3. The molecule has 0 amide bonds. The topological polar surface area (TPSA) is 78.9 Å². The van der Waals surface area contributed by atoms with Crippen molar-refractivity contribution in [1.82, 2.24) is 0 Å². The molecule has 0 saturated carbocycles. The molecule has 0 aliphatic rings. The van der Waals surface area contributed by atoms with Crippen LogP contribution in [-0.2, 0) is 28.6 Å². The Hall–Kier alpha value is -2.89. The van der Waals surface area contributed by atoms with E-state index in [9.17, 15) is 14.4 Å². The minimum absolute atomic E-state index is 0.0701. The van der Waals surface area contributed by atoms with Crippen molar-refractivity contribution in [2.24, 2.45) is 0 Å². The first-order chi connectivity index (χ1) is 33.0. The second-order valence-electron chi connectivity index (χ2n) is 19.2. The minimum atomic E-state index is -0.767. The summed E-state index contributed by atoms with van der Waals surface area (Å²) in [6.07, 6.45) is 69.6. The molecule has 0 spiro atoms. The molecule has 0 rings (SSSR count). The lowest BCUT2D eigenvalue weighted by Crippen LogP contribution is -2.30. The van der Waals surface area contributed by atoms with E-state index in [0.29, 0.717) is 19.3 Å². The summed E-state index contributed by atoms with van der Waals surface area (Å²) in [5.41, 5.74) is 0. The largest absolute Gasteiger partial charge is 0.462 e. The summed E-state index contributed by atoms with van der Waals surface area (Å²) in [5, 5.41) is 0. The third-order valence-electron chi connectivity index (χ3n) is 12.5. The van der Waals surface area contributed by atoms with Crippen molar-refractivity contribution >= 4 is 17.9 Å². The molecular weight excluding hydrogens is 829 g/mol. The number of allylic oxidation sites excluding steroid dienone is 10. The lowest BCUT2D eigenvalue weighted by atomic mass is 10.0. The van der Waals surface area contributed by atoms with Gasteiger partial charge in [-0.3, -0.25) is 14.4 Å². The first kappa shape index (κ1) is 64.1. The molecule has 0 bridgehead atoms. The van der Waals surface area contributed by atoms with Crippen LogP contribution in [0.15, 0.2) is 60.8 Å². The molecule has 388 valence electrons. The summed E-state index contributed by atoms with van der Waals surface area (Å²) < 4.78 is 16.8. The average molecular weight is 938 g/mol. The number of esters is 3. The molecule has 6 heteroatoms. The van der Waals surface area contributed by atoms with Gasteiger partial charge in [-0.25, -0.2) is 0 Å². The molecule has 0 aliphatic heterocycles. The van der Waals surface area contributed by atoms with E-state index in [1.165, 1.54) is 161 Å². The van der Waals surface area contributed by atoms with Crippen molar-refractivity contribution in [3.63, 3.8) is 0 Å². The van der Waals surface area contributed by atoms with Gasteiger partial charge in [0.2, 0.25) is 0 Å². The fraction of sp³-hybridized carbons (Fsp3) is 0.787. The van der Waals surface area contributed by atoms with Crippen molar-refractivity contribution in [3.05, 3.63) is 60.8 Å². The second-order valence-corrected chi connectivity index (χ2v) is 19.2. The molecule has 67 heavy (non-hydrogen) atoms. The van der Waals surface area contributed by atoms with Crippen LogP contribution in [0.5, 0.6) is 0 Å². The smallest absolute Gasteiger partial charge is 0.306 e. The Kier molecular flexibility index (Phi) is 53.3. The summed E-state index contributed by atoms with van der Waals surface area (Å²) in [4.78, 5) is 37.9. The maximum Gasteiger partial charge on any atom is 0.306 e. The molecule has 0 fully saturated rings. The molecule has 0 saturated heterocycles. The Morgan fingerprint density at radius 1 is 0.313 bits per heavy atom. The highest BCUT2D eigenvalue weighted by atomic mass is 16.6. The fourth-order valence-corrected chi connectivity index (χ4v) is 8.24. The monoisotopic (exact) mass is 937 g/mol. The number of carbonyl (C=O) groups excluding carboxylic acids is 3. The van der Waals surface area contributed by atoms with E-state index in [-0.39, 0.29) is 31.1 Å². The van der Waals surface area contributed by atoms with E-state index in [1.54, 1.807) is 0 Å². The Bertz CT molecular complexity index is 1210. The van der Waals surface area contributed by atoms with Crippen LogP contribution >= 0.6 is 0 Å². The van der Waals surface area contributed by atoms with Crippen molar-refractivity contribution in [3.8, 4) is 0 Å². The van der Waals surface area contributed by atoms with Gasteiger partial charge in [-0.15, -0.1) is 0 Å². The van der Waals surface area contributed by atoms with Gasteiger partial charge in [0, 0.05) is 19.3 Å². The van der Waals surface area contributed by atoms with Gasteiger partial charge in [0.25, 0.3) is 0 Å². The maximum absolute atomic E-state index is 12.8. The van der Waals surface area contributed by atoms with E-state index in [2.05, 4.69) is 81.5 Å². The van der Waals surface area contributed by atoms with Crippen molar-refractivity contribution in [2.45, 2.75) is 297 Å². The van der Waals surface area contributed by atoms with Crippen molar-refractivity contribution in [1.29, 1.82) is 0 Å². The minimum Gasteiger partial charge on any atom is -0.462 e. The molecule has 0 aliphatic carbocycles. The van der Waals surface area contributed by atoms with Gasteiger partial charge in [-0.05, 0) is 64.2 Å². The van der Waals surface area contributed by atoms with Gasteiger partial charge >= 0.3 is 17.9 Å². The van der Waals surface area contributed by atoms with Gasteiger partial charge in [-0.2, -0.15) is 0 Å². The standard InChI is InChI=1S/C61H108O6/c1-4-7-10-13-16-18-20-22-23-24-25-26-27-28-29-30-31-32-33-34-35-36-37-39-40-42-45-48-51-54-60(63)66-57-58(56-65-59(62)53-50-47-44-15-12-9-6-3)67-61(64)55-52-49-46-43-41-38-21-19-17-14-11-8-5-2/h7,10,16,18,22-23,25-26,28-29,58H,4-6,8-9,11-15,17,19-21,24,27,30-57H2,1-3H3/b10-7-,18-16-,23-22-,26-25-,29-28-. The third kappa shape index (κ3) is 53.9. The van der Waals surface area contributed by atoms with Gasteiger partial charge in [0.1, 0.15) is 13.2 Å². The van der Waals surface area contributed by atoms with E-state index in [1.807, 2.05) is 0 Å². The number of hydrogen-bond acceptors (Lipinski definition) is 6. The van der Waals surface area contributed by atoms with E-state index in [0.717, 1.165) is 89.9 Å². The molecule has 0 N–H and O–H groups in total. The highest BCUT2D eigenvalue weighted by Crippen LogP contribution is 2.16. The predicted octanol–water partition coefficient (Wildman–Crippen LogP) is 19.2. The molecule has 0 aromatic rings. The molecule has 6 nitrogen and oxygen atoms in total. The quantitative estimate of drug-likeness (QED) is 0.0262. The molecular formula is C61H108O6. The second kappa shape index (κ2) is 55.7. The summed E-state index contributed by atoms with van der Waals surface area (Å²) >= 11 is 0. The zero-order valence-corrected chi connectivity index (χ0v) is 44.4. The zero-order valence-electron chi connectivity index (χ0n) is 44.4. The van der Waals surface area contributed by atoms with Gasteiger partial charge < -0.3 is 14.2 Å². The Balaban J connectivity index is 4.06. The Morgan fingerprint density at radius 2 is 0.582 bits per heavy atom. The van der Waals surface area contributed by atoms with Crippen LogP contribution in [0, 0.1) is 0 Å². The normalized spacial score (nSPS) is 12.5. The number of rotatable bonds is 52. The number of unbranched alkanes of at least 4 members (excludes halogenated alkanes) is 31. The highest BCUT2D eigenvalue weighted by Gasteiger charge is 2.19. The zero-order chi connectivity index (χ0) is 48.6. The Labute approximate surface area is 415 Å². The van der Waals surface area contributed by atoms with Crippen molar-refractivity contribution in [2.75, 3.05) is 13.2 Å². The summed E-state index contributed by atoms with van der Waals surface area (Å²) in [6.45, 7) is 6.50. The summed E-state index contributed by atoms with van der Waals surface area (Å²) in [5.74, 6) is -0.867. The first-order valence-corrected chi connectivity index (χ1v) is 28.8. The van der Waals surface area contributed by atoms with Crippen LogP contribution in [0.1, 0.15) is 290 Å². The first-order valence-electron chi connectivity index (χ1n) is 28.8. The summed E-state index contributed by atoms with van der Waals surface area (Å²) in [6, 6.07) is 0.